The highest BCUT2D eigenvalue weighted by Gasteiger charge is 2.40. The zero-order valence-electron chi connectivity index (χ0n) is 11.1. The molecule has 0 atom stereocenters. The van der Waals surface area contributed by atoms with Gasteiger partial charge in [-0.25, -0.2) is 0 Å². The molecule has 0 bridgehead atoms. The molecule has 2 aromatic carbocycles. The van der Waals surface area contributed by atoms with Gasteiger partial charge in [-0.05, 0) is 30.3 Å². The van der Waals surface area contributed by atoms with Crippen molar-refractivity contribution in [3.05, 3.63) is 68.3 Å². The lowest BCUT2D eigenvalue weighted by atomic mass is 10.0. The van der Waals surface area contributed by atoms with Crippen molar-refractivity contribution in [3.63, 3.8) is 0 Å². The van der Waals surface area contributed by atoms with E-state index in [9.17, 15) is 23.2 Å². The molecule has 2 aromatic rings. The van der Waals surface area contributed by atoms with E-state index in [1.807, 2.05) is 0 Å². The number of carbonyl (C=O) groups excluding carboxylic acids is 1. The Kier molecular flexibility index (Phi) is 3.61. The zero-order valence-corrected chi connectivity index (χ0v) is 12.6. The van der Waals surface area contributed by atoms with Crippen LogP contribution in [0.3, 0.4) is 0 Å². The molecular weight excluding hydrogens is 354 g/mol. The Morgan fingerprint density at radius 2 is 1.70 bits per heavy atom. The lowest BCUT2D eigenvalue weighted by molar-refractivity contribution is -0.355. The number of alkyl halides is 3. The van der Waals surface area contributed by atoms with Crippen LogP contribution in [0.4, 0.5) is 18.9 Å². The van der Waals surface area contributed by atoms with Gasteiger partial charge in [-0.15, -0.1) is 0 Å². The summed E-state index contributed by atoms with van der Waals surface area (Å²) in [5, 5.41) is 12.7. The highest BCUT2D eigenvalue weighted by Crippen LogP contribution is 2.36. The second kappa shape index (κ2) is 5.25. The molecule has 0 saturated heterocycles. The lowest BCUT2D eigenvalue weighted by Gasteiger charge is -2.07. The van der Waals surface area contributed by atoms with E-state index in [1.165, 1.54) is 18.2 Å². The number of hydrogen-bond donors (Lipinski definition) is 0. The van der Waals surface area contributed by atoms with Crippen LogP contribution in [0.1, 0.15) is 21.5 Å². The minimum absolute atomic E-state index is 0.0888. The van der Waals surface area contributed by atoms with E-state index in [0.717, 1.165) is 12.1 Å². The Morgan fingerprint density at radius 1 is 1.00 bits per heavy atom. The van der Waals surface area contributed by atoms with Gasteiger partial charge >= 0.3 is 6.18 Å². The van der Waals surface area contributed by atoms with Crippen molar-refractivity contribution in [2.45, 2.75) is 6.18 Å². The molecule has 0 spiro atoms. The second-order valence-electron chi connectivity index (χ2n) is 4.83. The lowest BCUT2D eigenvalue weighted by Crippen LogP contribution is -2.16. The normalized spacial score (nSPS) is 14.4. The van der Waals surface area contributed by atoms with Crippen LogP contribution < -0.4 is 0 Å². The molecule has 0 unspecified atom stereocenters. The van der Waals surface area contributed by atoms with Crippen molar-refractivity contribution in [3.8, 4) is 0 Å². The molecule has 8 heteroatoms. The predicted molar refractivity (Wildman–Crippen MR) is 79.6 cm³/mol. The first kappa shape index (κ1) is 15.8. The summed E-state index contributed by atoms with van der Waals surface area (Å²) in [6.45, 7) is 0. The van der Waals surface area contributed by atoms with Gasteiger partial charge in [0.1, 0.15) is 5.56 Å². The summed E-state index contributed by atoms with van der Waals surface area (Å²) in [6, 6.07) is 6.54. The third-order valence-corrected chi connectivity index (χ3v) is 4.14. The van der Waals surface area contributed by atoms with E-state index in [-0.39, 0.29) is 37.3 Å². The molecule has 0 N–H and O–H groups in total. The number of rotatable bonds is 1. The van der Waals surface area contributed by atoms with E-state index >= 15 is 0 Å². The molecule has 23 heavy (non-hydrogen) atoms. The molecule has 0 aliphatic carbocycles. The van der Waals surface area contributed by atoms with Crippen LogP contribution in [0.2, 0.25) is 10.0 Å². The van der Waals surface area contributed by atoms with Crippen molar-refractivity contribution < 1.29 is 22.7 Å². The summed E-state index contributed by atoms with van der Waals surface area (Å²) in [5.41, 5.74) is -1.54. The van der Waals surface area contributed by atoms with Crippen molar-refractivity contribution in [2.24, 2.45) is 0 Å². The summed E-state index contributed by atoms with van der Waals surface area (Å²) in [6.07, 6.45) is -4.61. The van der Waals surface area contributed by atoms with Gasteiger partial charge in [0.2, 0.25) is 5.69 Å². The number of benzene rings is 2. The van der Waals surface area contributed by atoms with Gasteiger partial charge in [0, 0.05) is 6.07 Å². The largest absolute Gasteiger partial charge is 0.618 e. The number of Topliss-reactive ketones (excluding diaryl/α,β-unsaturated/α-hetero) is 1. The molecule has 3 rings (SSSR count). The van der Waals surface area contributed by atoms with Gasteiger partial charge in [-0.3, -0.25) is 4.79 Å². The van der Waals surface area contributed by atoms with Crippen LogP contribution in [0.5, 0.6) is 0 Å². The number of nitrogens with zero attached hydrogens (tertiary/aromatic N) is 1. The fourth-order valence-corrected chi connectivity index (χ4v) is 2.60. The molecule has 0 saturated carbocycles. The molecule has 3 nitrogen and oxygen atoms in total. The maximum Gasteiger partial charge on any atom is 0.416 e. The van der Waals surface area contributed by atoms with E-state index < -0.39 is 17.5 Å². The van der Waals surface area contributed by atoms with E-state index in [2.05, 4.69) is 0 Å². The van der Waals surface area contributed by atoms with Crippen LogP contribution in [-0.2, 0) is 6.18 Å². The van der Waals surface area contributed by atoms with Crippen LogP contribution in [0.25, 0.3) is 0 Å². The molecule has 1 aliphatic heterocycles. The van der Waals surface area contributed by atoms with Crippen LogP contribution >= 0.6 is 23.2 Å². The summed E-state index contributed by atoms with van der Waals surface area (Å²) >= 11 is 11.6. The Morgan fingerprint density at radius 3 is 2.30 bits per heavy atom. The predicted octanol–water partition coefficient (Wildman–Crippen LogP) is 4.84. The van der Waals surface area contributed by atoms with E-state index in [0.29, 0.717) is 6.07 Å². The fraction of sp³-hybridized carbons (Fsp3) is 0.0667. The van der Waals surface area contributed by atoms with Gasteiger partial charge in [0.15, 0.2) is 0 Å². The van der Waals surface area contributed by atoms with Crippen molar-refractivity contribution in [2.75, 3.05) is 0 Å². The topological polar surface area (TPSA) is 43.1 Å². The van der Waals surface area contributed by atoms with E-state index in [4.69, 9.17) is 23.2 Å². The number of halogens is 5. The molecule has 0 aromatic heterocycles. The average Bonchev–Trinajstić information content (AvgIpc) is 2.73. The quantitative estimate of drug-likeness (QED) is 0.540. The minimum atomic E-state index is -4.61. The van der Waals surface area contributed by atoms with Gasteiger partial charge in [-0.2, -0.15) is 17.9 Å². The molecule has 1 aliphatic rings. The van der Waals surface area contributed by atoms with Crippen molar-refractivity contribution >= 4 is 40.4 Å². The summed E-state index contributed by atoms with van der Waals surface area (Å²) in [5.74, 6) is -0.665. The Balaban J connectivity index is 2.17. The standard InChI is InChI=1S/C15H6Cl2F3NO2/c16-10-4-1-7(5-11(10)17)13-14(22)9-3-2-8(15(18,19)20)6-12(9)21(13)23/h1-6H. The molecule has 0 amide bonds. The summed E-state index contributed by atoms with van der Waals surface area (Å²) in [4.78, 5) is 12.3. The second-order valence-corrected chi connectivity index (χ2v) is 5.65. The van der Waals surface area contributed by atoms with Crippen LogP contribution in [0.15, 0.2) is 36.4 Å². The molecule has 0 fully saturated rings. The average molecular weight is 360 g/mol. The van der Waals surface area contributed by atoms with Gasteiger partial charge in [0.25, 0.3) is 11.5 Å². The maximum atomic E-state index is 12.8. The first-order valence-corrected chi connectivity index (χ1v) is 7.01. The summed E-state index contributed by atoms with van der Waals surface area (Å²) in [7, 11) is 0. The third-order valence-electron chi connectivity index (χ3n) is 3.40. The number of hydrogen-bond acceptors (Lipinski definition) is 2. The van der Waals surface area contributed by atoms with Crippen molar-refractivity contribution in [1.29, 1.82) is 0 Å². The number of fused-ring (bicyclic) bond motifs is 1. The molecule has 118 valence electrons. The zero-order chi connectivity index (χ0) is 16.9. The van der Waals surface area contributed by atoms with Gasteiger partial charge in [0.05, 0.1) is 21.2 Å². The fourth-order valence-electron chi connectivity index (χ4n) is 2.30. The van der Waals surface area contributed by atoms with E-state index in [1.54, 1.807) is 0 Å². The highest BCUT2D eigenvalue weighted by molar-refractivity contribution is 6.52. The smallest absolute Gasteiger partial charge is 0.416 e. The van der Waals surface area contributed by atoms with Crippen LogP contribution in [-0.4, -0.2) is 16.2 Å². The Hall–Kier alpha value is -2.05. The number of carbonyl (C=O) groups is 1. The first-order chi connectivity index (χ1) is 10.7. The monoisotopic (exact) mass is 359 g/mol. The molecular formula is C15H6Cl2F3NO2. The highest BCUT2D eigenvalue weighted by atomic mass is 35.5. The molecule has 1 heterocycles. The number of ketones is 1. The van der Waals surface area contributed by atoms with Gasteiger partial charge in [-0.1, -0.05) is 23.2 Å². The first-order valence-electron chi connectivity index (χ1n) is 6.25. The Labute approximate surface area is 138 Å². The summed E-state index contributed by atoms with van der Waals surface area (Å²) < 4.78 is 38.4. The third kappa shape index (κ3) is 2.58. The SMILES string of the molecule is O=C1C(c2ccc(Cl)c(Cl)c2)=[N+]([O-])c2cc(C(F)(F)F)ccc21. The minimum Gasteiger partial charge on any atom is -0.618 e. The maximum absolute atomic E-state index is 12.8. The molecule has 0 radical (unpaired) electrons. The van der Waals surface area contributed by atoms with Crippen LogP contribution in [0, 0.1) is 5.21 Å². The van der Waals surface area contributed by atoms with Gasteiger partial charge < -0.3 is 5.21 Å². The van der Waals surface area contributed by atoms with Crippen molar-refractivity contribution in [1.82, 2.24) is 0 Å². The Bertz CT molecular complexity index is 876.